The van der Waals surface area contributed by atoms with Crippen molar-refractivity contribution in [1.29, 1.82) is 0 Å². The standard InChI is InChI=1S/C13H26N4O/c1-6-16(7-2)8-9-18-13-12(14)11(5)15-17(13)10(3)4/h10H,6-9,14H2,1-5H3. The van der Waals surface area contributed by atoms with Gasteiger partial charge in [-0.2, -0.15) is 5.10 Å². The van der Waals surface area contributed by atoms with Crippen LogP contribution in [0.25, 0.3) is 0 Å². The maximum Gasteiger partial charge on any atom is 0.236 e. The second-order valence-electron chi connectivity index (χ2n) is 4.72. The van der Waals surface area contributed by atoms with Crippen LogP contribution in [0.4, 0.5) is 5.69 Å². The van der Waals surface area contributed by atoms with Crippen LogP contribution in [0.15, 0.2) is 0 Å². The zero-order chi connectivity index (χ0) is 13.7. The van der Waals surface area contributed by atoms with Gasteiger partial charge in [-0.15, -0.1) is 0 Å². The van der Waals surface area contributed by atoms with Gasteiger partial charge in [0, 0.05) is 6.54 Å². The van der Waals surface area contributed by atoms with E-state index in [9.17, 15) is 0 Å². The molecule has 1 aromatic heterocycles. The van der Waals surface area contributed by atoms with E-state index in [1.165, 1.54) is 0 Å². The van der Waals surface area contributed by atoms with Crippen LogP contribution in [-0.2, 0) is 0 Å². The van der Waals surface area contributed by atoms with Gasteiger partial charge in [0.15, 0.2) is 0 Å². The number of likely N-dealkylation sites (N-methyl/N-ethyl adjacent to an activating group) is 1. The quantitative estimate of drug-likeness (QED) is 0.809. The topological polar surface area (TPSA) is 56.3 Å². The monoisotopic (exact) mass is 254 g/mol. The highest BCUT2D eigenvalue weighted by Gasteiger charge is 2.16. The first kappa shape index (κ1) is 14.8. The molecule has 0 aliphatic rings. The van der Waals surface area contributed by atoms with Crippen LogP contribution in [0.2, 0.25) is 0 Å². The molecule has 104 valence electrons. The predicted molar refractivity (Wildman–Crippen MR) is 75.0 cm³/mol. The van der Waals surface area contributed by atoms with Crippen LogP contribution in [-0.4, -0.2) is 40.9 Å². The number of hydrogen-bond donors (Lipinski definition) is 1. The van der Waals surface area contributed by atoms with Crippen LogP contribution < -0.4 is 10.5 Å². The first-order valence-corrected chi connectivity index (χ1v) is 6.70. The third-order valence-electron chi connectivity index (χ3n) is 3.12. The first-order chi connectivity index (χ1) is 8.51. The normalized spacial score (nSPS) is 11.5. The molecule has 18 heavy (non-hydrogen) atoms. The lowest BCUT2D eigenvalue weighted by molar-refractivity contribution is 0.208. The molecule has 0 amide bonds. The fraction of sp³-hybridized carbons (Fsp3) is 0.769. The number of aryl methyl sites for hydroxylation is 1. The molecule has 0 bridgehead atoms. The third kappa shape index (κ3) is 3.38. The minimum atomic E-state index is 0.254. The minimum Gasteiger partial charge on any atom is -0.475 e. The van der Waals surface area contributed by atoms with Crippen molar-refractivity contribution in [2.45, 2.75) is 40.7 Å². The molecule has 0 spiro atoms. The van der Waals surface area contributed by atoms with Crippen LogP contribution in [0.3, 0.4) is 0 Å². The molecule has 0 saturated heterocycles. The van der Waals surface area contributed by atoms with Crippen molar-refractivity contribution in [3.63, 3.8) is 0 Å². The Balaban J connectivity index is 2.66. The van der Waals surface area contributed by atoms with E-state index in [2.05, 4.69) is 37.7 Å². The first-order valence-electron chi connectivity index (χ1n) is 6.70. The van der Waals surface area contributed by atoms with Crippen LogP contribution in [0.5, 0.6) is 5.88 Å². The predicted octanol–water partition coefficient (Wildman–Crippen LogP) is 2.08. The van der Waals surface area contributed by atoms with E-state index in [0.29, 0.717) is 18.2 Å². The summed E-state index contributed by atoms with van der Waals surface area (Å²) in [7, 11) is 0. The number of hydrogen-bond acceptors (Lipinski definition) is 4. The van der Waals surface area contributed by atoms with E-state index in [1.807, 2.05) is 11.6 Å². The summed E-state index contributed by atoms with van der Waals surface area (Å²) in [5.41, 5.74) is 7.49. The van der Waals surface area contributed by atoms with Crippen LogP contribution in [0, 0.1) is 6.92 Å². The number of ether oxygens (including phenoxy) is 1. The van der Waals surface area contributed by atoms with Gasteiger partial charge in [-0.3, -0.25) is 0 Å². The molecule has 0 fully saturated rings. The van der Waals surface area contributed by atoms with Gasteiger partial charge in [-0.1, -0.05) is 13.8 Å². The Morgan fingerprint density at radius 1 is 1.33 bits per heavy atom. The van der Waals surface area contributed by atoms with Crippen molar-refractivity contribution in [2.75, 3.05) is 32.0 Å². The SMILES string of the molecule is CCN(CC)CCOc1c(N)c(C)nn1C(C)C. The smallest absolute Gasteiger partial charge is 0.236 e. The second kappa shape index (κ2) is 6.64. The Morgan fingerprint density at radius 3 is 2.44 bits per heavy atom. The third-order valence-corrected chi connectivity index (χ3v) is 3.12. The van der Waals surface area contributed by atoms with Gasteiger partial charge in [0.05, 0.1) is 11.7 Å². The molecular formula is C13H26N4O. The van der Waals surface area contributed by atoms with Crippen molar-refractivity contribution < 1.29 is 4.74 Å². The van der Waals surface area contributed by atoms with Gasteiger partial charge >= 0.3 is 0 Å². The molecule has 0 atom stereocenters. The van der Waals surface area contributed by atoms with Crippen LogP contribution in [0.1, 0.15) is 39.4 Å². The lowest BCUT2D eigenvalue weighted by Gasteiger charge is -2.19. The second-order valence-corrected chi connectivity index (χ2v) is 4.72. The zero-order valence-corrected chi connectivity index (χ0v) is 12.2. The number of rotatable bonds is 7. The highest BCUT2D eigenvalue weighted by Crippen LogP contribution is 2.27. The lowest BCUT2D eigenvalue weighted by Crippen LogP contribution is -2.28. The highest BCUT2D eigenvalue weighted by atomic mass is 16.5. The lowest BCUT2D eigenvalue weighted by atomic mass is 10.4. The number of anilines is 1. The van der Waals surface area contributed by atoms with Crippen molar-refractivity contribution in [2.24, 2.45) is 0 Å². The fourth-order valence-corrected chi connectivity index (χ4v) is 1.84. The molecule has 2 N–H and O–H groups in total. The molecule has 0 radical (unpaired) electrons. The molecule has 0 saturated carbocycles. The van der Waals surface area contributed by atoms with Crippen molar-refractivity contribution >= 4 is 5.69 Å². The summed E-state index contributed by atoms with van der Waals surface area (Å²) in [6, 6.07) is 0.254. The van der Waals surface area contributed by atoms with Gasteiger partial charge in [0.25, 0.3) is 0 Å². The molecule has 1 aromatic rings. The van der Waals surface area contributed by atoms with E-state index >= 15 is 0 Å². The summed E-state index contributed by atoms with van der Waals surface area (Å²) >= 11 is 0. The summed E-state index contributed by atoms with van der Waals surface area (Å²) in [4.78, 5) is 2.32. The molecule has 1 heterocycles. The van der Waals surface area contributed by atoms with E-state index in [1.54, 1.807) is 0 Å². The average molecular weight is 254 g/mol. The molecule has 0 aliphatic carbocycles. The maximum atomic E-state index is 6.00. The van der Waals surface area contributed by atoms with Gasteiger partial charge in [-0.25, -0.2) is 4.68 Å². The van der Waals surface area contributed by atoms with E-state index < -0.39 is 0 Å². The largest absolute Gasteiger partial charge is 0.475 e. The summed E-state index contributed by atoms with van der Waals surface area (Å²) in [6.07, 6.45) is 0. The molecule has 0 aliphatic heterocycles. The number of nitrogens with two attached hydrogens (primary N) is 1. The van der Waals surface area contributed by atoms with Gasteiger partial charge in [-0.05, 0) is 33.9 Å². The Labute approximate surface area is 110 Å². The molecule has 0 unspecified atom stereocenters. The van der Waals surface area contributed by atoms with Crippen molar-refractivity contribution in [3.8, 4) is 5.88 Å². The number of nitrogen functional groups attached to an aromatic ring is 1. The van der Waals surface area contributed by atoms with Crippen molar-refractivity contribution in [3.05, 3.63) is 5.69 Å². The Kier molecular flexibility index (Phi) is 5.47. The minimum absolute atomic E-state index is 0.254. The van der Waals surface area contributed by atoms with Crippen LogP contribution >= 0.6 is 0 Å². The Morgan fingerprint density at radius 2 is 1.94 bits per heavy atom. The van der Waals surface area contributed by atoms with Gasteiger partial charge in [0.1, 0.15) is 12.3 Å². The maximum absolute atomic E-state index is 6.00. The number of aromatic nitrogens is 2. The summed E-state index contributed by atoms with van der Waals surface area (Å²) < 4.78 is 7.67. The summed E-state index contributed by atoms with van der Waals surface area (Å²) in [6.45, 7) is 14.0. The van der Waals surface area contributed by atoms with Crippen molar-refractivity contribution in [1.82, 2.24) is 14.7 Å². The molecular weight excluding hydrogens is 228 g/mol. The average Bonchev–Trinajstić information content (AvgIpc) is 2.62. The van der Waals surface area contributed by atoms with E-state index in [-0.39, 0.29) is 6.04 Å². The molecule has 1 rings (SSSR count). The Bertz CT molecular complexity index is 369. The summed E-state index contributed by atoms with van der Waals surface area (Å²) in [5.74, 6) is 0.703. The number of nitrogens with zero attached hydrogens (tertiary/aromatic N) is 3. The highest BCUT2D eigenvalue weighted by molar-refractivity contribution is 5.52. The molecule has 5 nitrogen and oxygen atoms in total. The van der Waals surface area contributed by atoms with Gasteiger partial charge < -0.3 is 15.4 Å². The molecule has 0 aromatic carbocycles. The fourth-order valence-electron chi connectivity index (χ4n) is 1.84. The van der Waals surface area contributed by atoms with E-state index in [0.717, 1.165) is 25.3 Å². The zero-order valence-electron chi connectivity index (χ0n) is 12.2. The Hall–Kier alpha value is -1.23. The molecule has 5 heteroatoms. The summed E-state index contributed by atoms with van der Waals surface area (Å²) in [5, 5.41) is 4.40. The van der Waals surface area contributed by atoms with Gasteiger partial charge in [0.2, 0.25) is 5.88 Å². The van der Waals surface area contributed by atoms with E-state index in [4.69, 9.17) is 10.5 Å².